The zero-order valence-electron chi connectivity index (χ0n) is 11.5. The molecule has 112 valence electrons. The lowest BCUT2D eigenvalue weighted by molar-refractivity contribution is 0.393. The molecule has 2 aromatic rings. The van der Waals surface area contributed by atoms with Crippen LogP contribution in [0.5, 0.6) is 11.5 Å². The molecule has 0 heterocycles. The average molecular weight is 391 g/mol. The molecule has 2 rings (SSSR count). The van der Waals surface area contributed by atoms with Crippen LogP contribution in [0.3, 0.4) is 0 Å². The lowest BCUT2D eigenvalue weighted by Crippen LogP contribution is -2.01. The van der Waals surface area contributed by atoms with Crippen LogP contribution in [0.4, 0.5) is 5.69 Å². The Hall–Kier alpha value is -1.10. The van der Waals surface area contributed by atoms with E-state index >= 15 is 0 Å². The highest BCUT2D eigenvalue weighted by Crippen LogP contribution is 2.36. The van der Waals surface area contributed by atoms with Gasteiger partial charge in [-0.25, -0.2) is 0 Å². The summed E-state index contributed by atoms with van der Waals surface area (Å²) in [6.07, 6.45) is 0. The Morgan fingerprint density at radius 3 is 2.19 bits per heavy atom. The van der Waals surface area contributed by atoms with Gasteiger partial charge in [0.05, 0.1) is 30.0 Å². The van der Waals surface area contributed by atoms with E-state index in [1.807, 2.05) is 30.3 Å². The largest absolute Gasteiger partial charge is 0.497 e. The second-order valence-corrected chi connectivity index (χ2v) is 5.91. The van der Waals surface area contributed by atoms with E-state index in [1.165, 1.54) is 0 Å². The monoisotopic (exact) mass is 389 g/mol. The minimum absolute atomic E-state index is 0.487. The molecule has 0 aromatic heterocycles. The number of rotatable bonds is 5. The maximum absolute atomic E-state index is 6.21. The van der Waals surface area contributed by atoms with Gasteiger partial charge in [-0.05, 0) is 45.8 Å². The molecule has 3 nitrogen and oxygen atoms in total. The molecular formula is C15H14BrCl2NO2. The summed E-state index contributed by atoms with van der Waals surface area (Å²) in [7, 11) is 3.24. The maximum Gasteiger partial charge on any atom is 0.122 e. The summed E-state index contributed by atoms with van der Waals surface area (Å²) >= 11 is 15.6. The lowest BCUT2D eigenvalue weighted by atomic mass is 10.2. The number of ether oxygens (including phenoxy) is 2. The van der Waals surface area contributed by atoms with E-state index in [4.69, 9.17) is 32.7 Å². The Morgan fingerprint density at radius 2 is 1.62 bits per heavy atom. The molecule has 2 aromatic carbocycles. The first-order valence-electron chi connectivity index (χ1n) is 6.14. The van der Waals surface area contributed by atoms with Crippen molar-refractivity contribution in [3.05, 3.63) is 50.4 Å². The molecule has 0 atom stereocenters. The summed E-state index contributed by atoms with van der Waals surface area (Å²) in [6, 6.07) is 9.42. The van der Waals surface area contributed by atoms with Gasteiger partial charge in [0, 0.05) is 17.1 Å². The minimum Gasteiger partial charge on any atom is -0.497 e. The van der Waals surface area contributed by atoms with Gasteiger partial charge in [-0.2, -0.15) is 0 Å². The number of halogens is 3. The number of anilines is 1. The van der Waals surface area contributed by atoms with Crippen molar-refractivity contribution in [2.24, 2.45) is 0 Å². The van der Waals surface area contributed by atoms with Crippen molar-refractivity contribution < 1.29 is 9.47 Å². The fourth-order valence-corrected chi connectivity index (χ4v) is 2.67. The van der Waals surface area contributed by atoms with E-state index in [0.717, 1.165) is 27.2 Å². The van der Waals surface area contributed by atoms with Gasteiger partial charge >= 0.3 is 0 Å². The third-order valence-electron chi connectivity index (χ3n) is 2.93. The molecule has 0 radical (unpaired) electrons. The van der Waals surface area contributed by atoms with Crippen molar-refractivity contribution in [2.75, 3.05) is 19.5 Å². The van der Waals surface area contributed by atoms with Crippen molar-refractivity contribution in [2.45, 2.75) is 6.54 Å². The van der Waals surface area contributed by atoms with Crippen LogP contribution in [-0.4, -0.2) is 14.2 Å². The van der Waals surface area contributed by atoms with Crippen molar-refractivity contribution in [3.8, 4) is 11.5 Å². The maximum atomic E-state index is 6.21. The van der Waals surface area contributed by atoms with Crippen LogP contribution in [0.25, 0.3) is 0 Å². The van der Waals surface area contributed by atoms with Crippen LogP contribution in [0.1, 0.15) is 5.56 Å². The molecular weight excluding hydrogens is 377 g/mol. The summed E-state index contributed by atoms with van der Waals surface area (Å²) < 4.78 is 11.3. The number of methoxy groups -OCH3 is 2. The van der Waals surface area contributed by atoms with Crippen molar-refractivity contribution in [3.63, 3.8) is 0 Å². The Balaban J connectivity index is 2.18. The second-order valence-electron chi connectivity index (χ2n) is 4.30. The molecule has 0 spiro atoms. The summed E-state index contributed by atoms with van der Waals surface area (Å²) in [5, 5.41) is 4.23. The average Bonchev–Trinajstić information content (AvgIpc) is 2.51. The molecule has 0 aliphatic rings. The van der Waals surface area contributed by atoms with Crippen LogP contribution in [0.2, 0.25) is 10.0 Å². The third-order valence-corrected chi connectivity index (χ3v) is 4.70. The lowest BCUT2D eigenvalue weighted by Gasteiger charge is -2.12. The van der Waals surface area contributed by atoms with Gasteiger partial charge in [-0.15, -0.1) is 0 Å². The van der Waals surface area contributed by atoms with Crippen LogP contribution >= 0.6 is 39.1 Å². The van der Waals surface area contributed by atoms with Gasteiger partial charge in [0.15, 0.2) is 0 Å². The Kier molecular flexibility index (Phi) is 5.62. The summed E-state index contributed by atoms with van der Waals surface area (Å²) in [4.78, 5) is 0. The number of nitrogens with one attached hydrogen (secondary N) is 1. The highest BCUT2D eigenvalue weighted by molar-refractivity contribution is 9.10. The Bertz CT molecular complexity index is 628. The summed E-state index contributed by atoms with van der Waals surface area (Å²) in [5.41, 5.74) is 1.79. The van der Waals surface area contributed by atoms with E-state index in [2.05, 4.69) is 21.2 Å². The van der Waals surface area contributed by atoms with E-state index in [1.54, 1.807) is 14.2 Å². The van der Waals surface area contributed by atoms with Gasteiger partial charge in [-0.3, -0.25) is 0 Å². The molecule has 0 saturated heterocycles. The SMILES string of the molecule is COc1cc(CNc2ccc(Br)c(Cl)c2Cl)cc(OC)c1. The highest BCUT2D eigenvalue weighted by atomic mass is 79.9. The number of benzene rings is 2. The molecule has 1 N–H and O–H groups in total. The standard InChI is InChI=1S/C15H14BrCl2NO2/c1-20-10-5-9(6-11(7-10)21-2)8-19-13-4-3-12(16)14(17)15(13)18/h3-7,19H,8H2,1-2H3. The molecule has 0 saturated carbocycles. The van der Waals surface area contributed by atoms with Gasteiger partial charge in [-0.1, -0.05) is 23.2 Å². The van der Waals surface area contributed by atoms with Crippen molar-refractivity contribution in [1.29, 1.82) is 0 Å². The van der Waals surface area contributed by atoms with Crippen molar-refractivity contribution in [1.82, 2.24) is 0 Å². The van der Waals surface area contributed by atoms with Gasteiger partial charge < -0.3 is 14.8 Å². The molecule has 6 heteroatoms. The number of hydrogen-bond acceptors (Lipinski definition) is 3. The van der Waals surface area contributed by atoms with Crippen LogP contribution < -0.4 is 14.8 Å². The fourth-order valence-electron chi connectivity index (χ4n) is 1.83. The normalized spacial score (nSPS) is 10.3. The van der Waals surface area contributed by atoms with Crippen LogP contribution in [-0.2, 0) is 6.54 Å². The molecule has 0 aliphatic carbocycles. The van der Waals surface area contributed by atoms with Gasteiger partial charge in [0.1, 0.15) is 11.5 Å². The van der Waals surface area contributed by atoms with Crippen molar-refractivity contribution >= 4 is 44.8 Å². The van der Waals surface area contributed by atoms with Crippen LogP contribution in [0, 0.1) is 0 Å². The first-order chi connectivity index (χ1) is 10.0. The summed E-state index contributed by atoms with van der Waals surface area (Å²) in [5.74, 6) is 1.48. The van der Waals surface area contributed by atoms with E-state index in [-0.39, 0.29) is 0 Å². The zero-order valence-corrected chi connectivity index (χ0v) is 14.6. The molecule has 0 fully saturated rings. The quantitative estimate of drug-likeness (QED) is 0.694. The predicted octanol–water partition coefficient (Wildman–Crippen LogP) is 5.39. The minimum atomic E-state index is 0.487. The Labute approximate surface area is 142 Å². The van der Waals surface area contributed by atoms with E-state index in [0.29, 0.717) is 16.6 Å². The first kappa shape index (κ1) is 16.3. The second kappa shape index (κ2) is 7.25. The molecule has 0 unspecified atom stereocenters. The zero-order chi connectivity index (χ0) is 15.4. The highest BCUT2D eigenvalue weighted by Gasteiger charge is 2.09. The molecule has 0 amide bonds. The molecule has 0 bridgehead atoms. The summed E-state index contributed by atoms with van der Waals surface area (Å²) in [6.45, 7) is 0.575. The number of hydrogen-bond donors (Lipinski definition) is 1. The fraction of sp³-hybridized carbons (Fsp3) is 0.200. The molecule has 0 aliphatic heterocycles. The van der Waals surface area contributed by atoms with Gasteiger partial charge in [0.25, 0.3) is 0 Å². The third kappa shape index (κ3) is 3.96. The van der Waals surface area contributed by atoms with E-state index < -0.39 is 0 Å². The first-order valence-corrected chi connectivity index (χ1v) is 7.69. The topological polar surface area (TPSA) is 30.5 Å². The molecule has 21 heavy (non-hydrogen) atoms. The van der Waals surface area contributed by atoms with Crippen LogP contribution in [0.15, 0.2) is 34.8 Å². The van der Waals surface area contributed by atoms with E-state index in [9.17, 15) is 0 Å². The van der Waals surface area contributed by atoms with Gasteiger partial charge in [0.2, 0.25) is 0 Å². The predicted molar refractivity (Wildman–Crippen MR) is 91.0 cm³/mol. The Morgan fingerprint density at radius 1 is 1.00 bits per heavy atom. The smallest absolute Gasteiger partial charge is 0.122 e.